The van der Waals surface area contributed by atoms with Crippen LogP contribution in [0.2, 0.25) is 0 Å². The van der Waals surface area contributed by atoms with Crippen LogP contribution in [0.3, 0.4) is 0 Å². The number of methoxy groups -OCH3 is 3. The first kappa shape index (κ1) is 30.4. The molecular formula is C9H21O7V-5. The van der Waals surface area contributed by atoms with E-state index in [9.17, 15) is 15.3 Å². The first-order chi connectivity index (χ1) is 7.24. The number of rotatable bonds is 6. The van der Waals surface area contributed by atoms with Gasteiger partial charge in [0.1, 0.15) is 0 Å². The maximum Gasteiger partial charge on any atom is 0.0354 e. The Kier molecular flexibility index (Phi) is 78.8. The molecule has 0 atom stereocenters. The molecule has 17 heavy (non-hydrogen) atoms. The van der Waals surface area contributed by atoms with Gasteiger partial charge in [-0.15, -0.1) is 19.8 Å². The molecule has 0 N–H and O–H groups in total. The Hall–Kier alpha value is 0.304. The summed E-state index contributed by atoms with van der Waals surface area (Å²) in [6.07, 6.45) is 0. The van der Waals surface area contributed by atoms with Gasteiger partial charge in [0.2, 0.25) is 0 Å². The van der Waals surface area contributed by atoms with Crippen LogP contribution in [-0.4, -0.2) is 61.0 Å². The van der Waals surface area contributed by atoms with Crippen LogP contribution in [0, 0.1) is 0 Å². The van der Waals surface area contributed by atoms with Gasteiger partial charge >= 0.3 is 0 Å². The Morgan fingerprint density at radius 1 is 0.647 bits per heavy atom. The van der Waals surface area contributed by atoms with Crippen molar-refractivity contribution in [3.05, 3.63) is 0 Å². The molecule has 0 aliphatic carbocycles. The van der Waals surface area contributed by atoms with Crippen molar-refractivity contribution < 1.29 is 53.6 Å². The van der Waals surface area contributed by atoms with Crippen molar-refractivity contribution in [1.29, 1.82) is 0 Å². The molecule has 0 aromatic rings. The Morgan fingerprint density at radius 2 is 0.824 bits per heavy atom. The molecule has 0 bridgehead atoms. The van der Waals surface area contributed by atoms with Crippen LogP contribution >= 0.6 is 0 Å². The Balaban J connectivity index is -0.0000000400. The fourth-order valence-electron chi connectivity index (χ4n) is 0.250. The summed E-state index contributed by atoms with van der Waals surface area (Å²) in [4.78, 5) is 0. The first-order valence-electron chi connectivity index (χ1n) is 4.46. The van der Waals surface area contributed by atoms with E-state index < -0.39 is 0 Å². The van der Waals surface area contributed by atoms with Crippen LogP contribution in [-0.2, 0) is 38.2 Å². The molecule has 7 nitrogen and oxygen atoms in total. The second-order valence-corrected chi connectivity index (χ2v) is 2.09. The summed E-state index contributed by atoms with van der Waals surface area (Å²) < 4.78 is 13.1. The first-order valence-corrected chi connectivity index (χ1v) is 4.46. The van der Waals surface area contributed by atoms with Crippen molar-refractivity contribution in [2.75, 3.05) is 61.0 Å². The Labute approximate surface area is 115 Å². The van der Waals surface area contributed by atoms with E-state index in [0.29, 0.717) is 19.8 Å². The number of ether oxygens (including phenoxy) is 3. The zero-order valence-corrected chi connectivity index (χ0v) is 11.9. The molecule has 0 spiro atoms. The molecule has 0 aliphatic heterocycles. The van der Waals surface area contributed by atoms with Crippen molar-refractivity contribution in [3.63, 3.8) is 0 Å². The van der Waals surface area contributed by atoms with Crippen molar-refractivity contribution in [1.82, 2.24) is 0 Å². The van der Waals surface area contributed by atoms with Gasteiger partial charge in [0.15, 0.2) is 0 Å². The molecular weight excluding hydrogens is 271 g/mol. The predicted octanol–water partition coefficient (Wildman–Crippen LogP) is -3.14. The van der Waals surface area contributed by atoms with Gasteiger partial charge in [0.05, 0.1) is 0 Å². The van der Waals surface area contributed by atoms with E-state index in [1.807, 2.05) is 0 Å². The third kappa shape index (κ3) is 83.9. The van der Waals surface area contributed by atoms with Crippen molar-refractivity contribution >= 4 is 0 Å². The van der Waals surface area contributed by atoms with Gasteiger partial charge in [0.25, 0.3) is 0 Å². The monoisotopic (exact) mass is 292 g/mol. The van der Waals surface area contributed by atoms with Crippen LogP contribution in [0.4, 0.5) is 0 Å². The molecule has 0 aromatic heterocycles. The molecule has 0 unspecified atom stereocenters. The van der Waals surface area contributed by atoms with E-state index in [-0.39, 0.29) is 43.9 Å². The second-order valence-electron chi connectivity index (χ2n) is 2.09. The Bertz CT molecular complexity index is 58.1. The topological polar surface area (TPSA) is 125 Å². The Morgan fingerprint density at radius 3 is 0.824 bits per heavy atom. The summed E-state index contributed by atoms with van der Waals surface area (Å²) in [6.45, 7) is 0.615. The average molecular weight is 292 g/mol. The predicted molar refractivity (Wildman–Crippen MR) is 50.9 cm³/mol. The third-order valence-corrected chi connectivity index (χ3v) is 0.862. The van der Waals surface area contributed by atoms with Crippen molar-refractivity contribution in [2.45, 2.75) is 0 Å². The minimum atomic E-state index is -0.128. The van der Waals surface area contributed by atoms with Gasteiger partial charge in [-0.1, -0.05) is 0 Å². The molecule has 0 aliphatic rings. The molecule has 1 radical (unpaired) electrons. The normalized spacial score (nSPS) is 7.41. The minimum Gasteiger partial charge on any atom is -2.00 e. The molecule has 0 saturated heterocycles. The maximum absolute atomic E-state index is 9.40. The van der Waals surface area contributed by atoms with E-state index in [1.165, 1.54) is 21.3 Å². The summed E-state index contributed by atoms with van der Waals surface area (Å²) in [5.74, 6) is 0. The molecule has 8 heteroatoms. The van der Waals surface area contributed by atoms with Gasteiger partial charge in [-0.05, 0) is 0 Å². The van der Waals surface area contributed by atoms with Gasteiger partial charge in [-0.3, -0.25) is 0 Å². The van der Waals surface area contributed by atoms with Crippen molar-refractivity contribution in [3.8, 4) is 0 Å². The van der Waals surface area contributed by atoms with Crippen LogP contribution < -0.4 is 15.3 Å². The van der Waals surface area contributed by atoms with Gasteiger partial charge in [-0.25, -0.2) is 0 Å². The summed E-state index contributed by atoms with van der Waals surface area (Å²) in [7, 11) is 4.54. The zero-order chi connectivity index (χ0) is 12.4. The SMILES string of the molecule is COCC[O-].COCC[O-].COCC[O-].[O-2].[V]. The minimum absolute atomic E-state index is 0. The van der Waals surface area contributed by atoms with Crippen LogP contribution in [0.15, 0.2) is 0 Å². The molecule has 0 heterocycles. The smallest absolute Gasteiger partial charge is 0.0354 e. The summed E-state index contributed by atoms with van der Waals surface area (Å²) in [5.41, 5.74) is 0. The van der Waals surface area contributed by atoms with Crippen molar-refractivity contribution in [2.24, 2.45) is 0 Å². The molecule has 0 fully saturated rings. The fourth-order valence-corrected chi connectivity index (χ4v) is 0.250. The number of hydrogen-bond donors (Lipinski definition) is 0. The van der Waals surface area contributed by atoms with Crippen LogP contribution in [0.25, 0.3) is 0 Å². The van der Waals surface area contributed by atoms with E-state index in [1.54, 1.807) is 0 Å². The summed E-state index contributed by atoms with van der Waals surface area (Å²) in [6, 6.07) is 0. The van der Waals surface area contributed by atoms with E-state index in [2.05, 4.69) is 14.2 Å². The molecule has 0 saturated carbocycles. The second kappa shape index (κ2) is 44.1. The number of hydrogen-bond acceptors (Lipinski definition) is 6. The molecule has 0 rings (SSSR count). The van der Waals surface area contributed by atoms with Gasteiger partial charge < -0.3 is 35.0 Å². The zero-order valence-electron chi connectivity index (χ0n) is 10.5. The maximum atomic E-state index is 9.40. The summed E-state index contributed by atoms with van der Waals surface area (Å²) in [5, 5.41) is 28.2. The van der Waals surface area contributed by atoms with Gasteiger partial charge in [-0.2, -0.15) is 0 Å². The van der Waals surface area contributed by atoms with Crippen LogP contribution in [0.5, 0.6) is 0 Å². The third-order valence-electron chi connectivity index (χ3n) is 0.862. The van der Waals surface area contributed by atoms with Gasteiger partial charge in [0, 0.05) is 59.7 Å². The summed E-state index contributed by atoms with van der Waals surface area (Å²) >= 11 is 0. The average Bonchev–Trinajstić information content (AvgIpc) is 2.23. The van der Waals surface area contributed by atoms with Crippen LogP contribution in [0.1, 0.15) is 0 Å². The standard InChI is InChI=1S/3C3H7O2.O.V/c3*1-5-3-2-4;;/h3*2-3H2,1H3;;/q3*-1;-2;. The van der Waals surface area contributed by atoms with E-state index in [4.69, 9.17) is 0 Å². The largest absolute Gasteiger partial charge is 2.00 e. The van der Waals surface area contributed by atoms with E-state index in [0.717, 1.165) is 0 Å². The molecule has 109 valence electrons. The quantitative estimate of drug-likeness (QED) is 0.509. The molecule has 0 amide bonds. The fraction of sp³-hybridized carbons (Fsp3) is 1.00. The van der Waals surface area contributed by atoms with E-state index >= 15 is 0 Å². The molecule has 0 aromatic carbocycles.